The highest BCUT2D eigenvalue weighted by atomic mass is 14.9. The number of para-hydroxylation sites is 1. The Hall–Kier alpha value is -8.86. The number of benzene rings is 9. The zero-order valence-corrected chi connectivity index (χ0v) is 35.9. The van der Waals surface area contributed by atoms with E-state index in [0.717, 1.165) is 99.6 Å². The predicted octanol–water partition coefficient (Wildman–Crippen LogP) is 16.1. The van der Waals surface area contributed by atoms with E-state index in [2.05, 4.69) is 212 Å². The van der Waals surface area contributed by atoms with Crippen molar-refractivity contribution < 1.29 is 0 Å². The van der Waals surface area contributed by atoms with Gasteiger partial charge in [0.25, 0.3) is 0 Å². The van der Waals surface area contributed by atoms with Gasteiger partial charge in [0.2, 0.25) is 0 Å². The van der Waals surface area contributed by atoms with Gasteiger partial charge in [-0.15, -0.1) is 0 Å². The molecular weight excluding hydrogens is 801 g/mol. The third-order valence-electron chi connectivity index (χ3n) is 12.6. The summed E-state index contributed by atoms with van der Waals surface area (Å²) in [5.41, 5.74) is 17.8. The van der Waals surface area contributed by atoms with Gasteiger partial charge in [0.15, 0.2) is 5.82 Å². The average molecular weight is 841 g/mol. The molecule has 0 bridgehead atoms. The van der Waals surface area contributed by atoms with Gasteiger partial charge in [0.05, 0.1) is 22.4 Å². The predicted molar refractivity (Wildman–Crippen MR) is 274 cm³/mol. The van der Waals surface area contributed by atoms with Gasteiger partial charge in [-0.2, -0.15) is 0 Å². The summed E-state index contributed by atoms with van der Waals surface area (Å²) in [5.74, 6) is 0.656. The zero-order valence-electron chi connectivity index (χ0n) is 35.9. The van der Waals surface area contributed by atoms with E-state index < -0.39 is 0 Å². The summed E-state index contributed by atoms with van der Waals surface area (Å²) in [6, 6.07) is 81.4. The highest BCUT2D eigenvalue weighted by Gasteiger charge is 2.19. The van der Waals surface area contributed by atoms with Crippen molar-refractivity contribution in [1.82, 2.24) is 19.9 Å². The van der Waals surface area contributed by atoms with Crippen LogP contribution in [-0.4, -0.2) is 19.9 Å². The minimum Gasteiger partial charge on any atom is -0.256 e. The maximum absolute atomic E-state index is 5.48. The van der Waals surface area contributed by atoms with Gasteiger partial charge in [0.1, 0.15) is 0 Å². The minimum atomic E-state index is 0.656. The van der Waals surface area contributed by atoms with Crippen LogP contribution >= 0.6 is 0 Å². The molecule has 66 heavy (non-hydrogen) atoms. The van der Waals surface area contributed by atoms with Crippen molar-refractivity contribution in [2.75, 3.05) is 0 Å². The third-order valence-corrected chi connectivity index (χ3v) is 12.6. The molecule has 0 saturated carbocycles. The molecule has 4 nitrogen and oxygen atoms in total. The first kappa shape index (κ1) is 38.8. The molecule has 3 aromatic heterocycles. The lowest BCUT2D eigenvalue weighted by atomic mass is 9.92. The fourth-order valence-corrected chi connectivity index (χ4v) is 9.01. The summed E-state index contributed by atoms with van der Waals surface area (Å²) >= 11 is 0. The Bertz CT molecular complexity index is 3700. The Morgan fingerprint density at radius 2 is 0.773 bits per heavy atom. The molecule has 0 fully saturated rings. The summed E-state index contributed by atoms with van der Waals surface area (Å²) in [4.78, 5) is 20.5. The standard InChI is InChI=1S/C62H40N4/c1-3-11-41(12-4-1)43-19-21-45(22-20-43)54-36-56(47-27-23-44(24-28-47)42-13-5-2-6-14-42)61-57(37-54)60(49-31-29-48(30-32-49)59-38-51-15-7-8-17-53(51)39-64-59)65-62(66-61)50-33-25-46(26-34-50)55-35-52-16-9-10-18-58(52)63-40-55/h1-40H. The maximum Gasteiger partial charge on any atom is 0.160 e. The molecule has 0 saturated heterocycles. The van der Waals surface area contributed by atoms with E-state index in [-0.39, 0.29) is 0 Å². The van der Waals surface area contributed by atoms with Gasteiger partial charge in [-0.1, -0.05) is 200 Å². The van der Waals surface area contributed by atoms with Crippen molar-refractivity contribution >= 4 is 32.6 Å². The van der Waals surface area contributed by atoms with Crippen LogP contribution in [0.1, 0.15) is 0 Å². The van der Waals surface area contributed by atoms with Crippen LogP contribution in [0.2, 0.25) is 0 Å². The highest BCUT2D eigenvalue weighted by molar-refractivity contribution is 6.05. The summed E-state index contributed by atoms with van der Waals surface area (Å²) in [5, 5.41) is 4.37. The molecule has 0 aliphatic carbocycles. The van der Waals surface area contributed by atoms with Crippen LogP contribution in [0.5, 0.6) is 0 Å². The number of rotatable bonds is 8. The Balaban J connectivity index is 1.04. The van der Waals surface area contributed by atoms with E-state index in [4.69, 9.17) is 19.9 Å². The molecule has 12 rings (SSSR count). The molecule has 4 heteroatoms. The van der Waals surface area contributed by atoms with Gasteiger partial charge in [-0.05, 0) is 80.2 Å². The quantitative estimate of drug-likeness (QED) is 0.153. The molecule has 308 valence electrons. The number of pyridine rings is 2. The van der Waals surface area contributed by atoms with Crippen LogP contribution in [0, 0.1) is 0 Å². The summed E-state index contributed by atoms with van der Waals surface area (Å²) in [6.45, 7) is 0. The lowest BCUT2D eigenvalue weighted by molar-refractivity contribution is 1.23. The molecule has 0 aliphatic heterocycles. The average Bonchev–Trinajstić information content (AvgIpc) is 3.40. The lowest BCUT2D eigenvalue weighted by Crippen LogP contribution is -1.98. The van der Waals surface area contributed by atoms with Gasteiger partial charge in [-0.3, -0.25) is 9.97 Å². The normalized spacial score (nSPS) is 11.3. The maximum atomic E-state index is 5.48. The number of hydrogen-bond acceptors (Lipinski definition) is 4. The van der Waals surface area contributed by atoms with Crippen molar-refractivity contribution in [3.63, 3.8) is 0 Å². The Morgan fingerprint density at radius 3 is 1.44 bits per heavy atom. The molecule has 3 heterocycles. The Labute approximate surface area is 383 Å². The molecule has 0 atom stereocenters. The lowest BCUT2D eigenvalue weighted by Gasteiger charge is -2.16. The fourth-order valence-electron chi connectivity index (χ4n) is 9.01. The van der Waals surface area contributed by atoms with E-state index in [1.54, 1.807) is 0 Å². The van der Waals surface area contributed by atoms with E-state index in [9.17, 15) is 0 Å². The summed E-state index contributed by atoms with van der Waals surface area (Å²) in [6.07, 6.45) is 3.90. The van der Waals surface area contributed by atoms with E-state index >= 15 is 0 Å². The second-order valence-electron chi connectivity index (χ2n) is 16.7. The first-order valence-corrected chi connectivity index (χ1v) is 22.3. The van der Waals surface area contributed by atoms with Gasteiger partial charge >= 0.3 is 0 Å². The van der Waals surface area contributed by atoms with Crippen LogP contribution in [0.15, 0.2) is 243 Å². The SMILES string of the molecule is c1ccc(-c2ccc(-c3cc(-c4ccc(-c5ccccc5)cc4)c4nc(-c5ccc(-c6cnc7ccccc7c6)cc5)nc(-c5ccc(-c6cc7ccccc7cn6)cc5)c4c3)cc2)cc1. The molecule has 0 radical (unpaired) electrons. The highest BCUT2D eigenvalue weighted by Crippen LogP contribution is 2.40. The number of nitrogens with zero attached hydrogens (tertiary/aromatic N) is 4. The van der Waals surface area contributed by atoms with E-state index in [1.165, 1.54) is 16.7 Å². The molecule has 0 N–H and O–H groups in total. The molecule has 0 aliphatic rings. The second kappa shape index (κ2) is 16.7. The summed E-state index contributed by atoms with van der Waals surface area (Å²) in [7, 11) is 0. The van der Waals surface area contributed by atoms with Crippen molar-refractivity contribution in [1.29, 1.82) is 0 Å². The smallest absolute Gasteiger partial charge is 0.160 e. The zero-order chi connectivity index (χ0) is 43.8. The molecule has 12 aromatic rings. The van der Waals surface area contributed by atoms with Crippen molar-refractivity contribution in [2.45, 2.75) is 0 Å². The van der Waals surface area contributed by atoms with Crippen molar-refractivity contribution in [3.05, 3.63) is 243 Å². The number of fused-ring (bicyclic) bond motifs is 3. The monoisotopic (exact) mass is 840 g/mol. The van der Waals surface area contributed by atoms with Crippen LogP contribution in [0.3, 0.4) is 0 Å². The Kier molecular flexibility index (Phi) is 9.81. The second-order valence-corrected chi connectivity index (χ2v) is 16.7. The summed E-state index contributed by atoms with van der Waals surface area (Å²) < 4.78 is 0. The molecule has 9 aromatic carbocycles. The van der Waals surface area contributed by atoms with Crippen LogP contribution < -0.4 is 0 Å². The first-order valence-electron chi connectivity index (χ1n) is 22.3. The Morgan fingerprint density at radius 1 is 0.273 bits per heavy atom. The van der Waals surface area contributed by atoms with Gasteiger partial charge in [0, 0.05) is 56.4 Å². The largest absolute Gasteiger partial charge is 0.256 e. The van der Waals surface area contributed by atoms with Crippen LogP contribution in [0.4, 0.5) is 0 Å². The van der Waals surface area contributed by atoms with Crippen LogP contribution in [0.25, 0.3) is 122 Å². The van der Waals surface area contributed by atoms with Crippen molar-refractivity contribution in [2.24, 2.45) is 0 Å². The number of hydrogen-bond donors (Lipinski definition) is 0. The minimum absolute atomic E-state index is 0.656. The van der Waals surface area contributed by atoms with E-state index in [1.807, 2.05) is 30.6 Å². The third kappa shape index (κ3) is 7.47. The fraction of sp³-hybridized carbons (Fsp3) is 0. The topological polar surface area (TPSA) is 51.6 Å². The molecule has 0 spiro atoms. The first-order chi connectivity index (χ1) is 32.7. The van der Waals surface area contributed by atoms with Gasteiger partial charge in [-0.25, -0.2) is 9.97 Å². The molecule has 0 amide bonds. The van der Waals surface area contributed by atoms with Crippen LogP contribution in [-0.2, 0) is 0 Å². The molecule has 0 unspecified atom stereocenters. The van der Waals surface area contributed by atoms with Gasteiger partial charge < -0.3 is 0 Å². The van der Waals surface area contributed by atoms with E-state index in [0.29, 0.717) is 5.82 Å². The van der Waals surface area contributed by atoms with Crippen molar-refractivity contribution in [3.8, 4) is 89.5 Å². The number of aromatic nitrogens is 4. The molecular formula is C62H40N4.